The molecule has 1 N–H and O–H groups in total. The van der Waals surface area contributed by atoms with E-state index in [0.29, 0.717) is 6.54 Å². The van der Waals surface area contributed by atoms with Gasteiger partial charge < -0.3 is 5.32 Å². The highest BCUT2D eigenvalue weighted by Crippen LogP contribution is 2.31. The SMILES string of the molecule is CCNC(CCC(F)(F)F)c1ccc(CC)s1. The minimum absolute atomic E-state index is 0.112. The van der Waals surface area contributed by atoms with Gasteiger partial charge in [0.1, 0.15) is 0 Å². The van der Waals surface area contributed by atoms with E-state index < -0.39 is 12.6 Å². The number of hydrogen-bond donors (Lipinski definition) is 1. The van der Waals surface area contributed by atoms with Gasteiger partial charge in [0.15, 0.2) is 0 Å². The Kier molecular flexibility index (Phi) is 5.46. The van der Waals surface area contributed by atoms with Crippen molar-refractivity contribution < 1.29 is 13.2 Å². The number of thiophene rings is 1. The first kappa shape index (κ1) is 14.5. The van der Waals surface area contributed by atoms with Gasteiger partial charge in [-0.1, -0.05) is 13.8 Å². The Balaban J connectivity index is 2.64. The van der Waals surface area contributed by atoms with Crippen LogP contribution in [0.4, 0.5) is 13.2 Å². The Morgan fingerprint density at radius 3 is 2.47 bits per heavy atom. The quantitative estimate of drug-likeness (QED) is 0.808. The van der Waals surface area contributed by atoms with Crippen LogP contribution in [-0.4, -0.2) is 12.7 Å². The van der Waals surface area contributed by atoms with Crippen molar-refractivity contribution >= 4 is 11.3 Å². The summed E-state index contributed by atoms with van der Waals surface area (Å²) in [7, 11) is 0. The van der Waals surface area contributed by atoms with Gasteiger partial charge in [-0.05, 0) is 31.5 Å². The molecule has 0 bridgehead atoms. The van der Waals surface area contributed by atoms with Crippen LogP contribution in [0.2, 0.25) is 0 Å². The van der Waals surface area contributed by atoms with E-state index in [1.807, 2.05) is 26.0 Å². The molecule has 98 valence electrons. The average molecular weight is 265 g/mol. The van der Waals surface area contributed by atoms with Crippen molar-refractivity contribution in [3.63, 3.8) is 0 Å². The van der Waals surface area contributed by atoms with Crippen LogP contribution in [-0.2, 0) is 6.42 Å². The van der Waals surface area contributed by atoms with Gasteiger partial charge in [0.05, 0.1) is 0 Å². The van der Waals surface area contributed by atoms with E-state index in [9.17, 15) is 13.2 Å². The molecule has 5 heteroatoms. The molecule has 0 amide bonds. The fourth-order valence-corrected chi connectivity index (χ4v) is 2.73. The van der Waals surface area contributed by atoms with Crippen LogP contribution in [0.5, 0.6) is 0 Å². The first-order valence-electron chi connectivity index (χ1n) is 5.85. The Labute approximate surface area is 104 Å². The molecule has 1 aromatic heterocycles. The maximum Gasteiger partial charge on any atom is 0.389 e. The minimum atomic E-state index is -4.07. The zero-order valence-electron chi connectivity index (χ0n) is 10.1. The van der Waals surface area contributed by atoms with Gasteiger partial charge in [0, 0.05) is 22.2 Å². The van der Waals surface area contributed by atoms with E-state index in [0.717, 1.165) is 11.3 Å². The number of hydrogen-bond acceptors (Lipinski definition) is 2. The molecule has 1 atom stereocenters. The second kappa shape index (κ2) is 6.40. The lowest BCUT2D eigenvalue weighted by atomic mass is 10.1. The van der Waals surface area contributed by atoms with Gasteiger partial charge >= 0.3 is 6.18 Å². The largest absolute Gasteiger partial charge is 0.389 e. The van der Waals surface area contributed by atoms with Gasteiger partial charge in [0.25, 0.3) is 0 Å². The predicted molar refractivity (Wildman–Crippen MR) is 65.4 cm³/mol. The zero-order valence-corrected chi connectivity index (χ0v) is 10.9. The third kappa shape index (κ3) is 5.08. The molecule has 1 nitrogen and oxygen atoms in total. The van der Waals surface area contributed by atoms with E-state index in [1.54, 1.807) is 11.3 Å². The molecule has 0 radical (unpaired) electrons. The molecule has 0 aromatic carbocycles. The van der Waals surface area contributed by atoms with Crippen LogP contribution < -0.4 is 5.32 Å². The fourth-order valence-electron chi connectivity index (χ4n) is 1.67. The topological polar surface area (TPSA) is 12.0 Å². The average Bonchev–Trinajstić information content (AvgIpc) is 2.71. The van der Waals surface area contributed by atoms with E-state index in [-0.39, 0.29) is 12.5 Å². The summed E-state index contributed by atoms with van der Waals surface area (Å²) >= 11 is 1.60. The summed E-state index contributed by atoms with van der Waals surface area (Å²) in [6, 6.07) is 3.76. The van der Waals surface area contributed by atoms with E-state index >= 15 is 0 Å². The molecule has 0 saturated heterocycles. The number of halogens is 3. The molecule has 0 fully saturated rings. The van der Waals surface area contributed by atoms with Crippen LogP contribution in [0, 0.1) is 0 Å². The van der Waals surface area contributed by atoms with Crippen LogP contribution in [0.1, 0.15) is 42.5 Å². The molecule has 1 unspecified atom stereocenters. The van der Waals surface area contributed by atoms with Crippen molar-refractivity contribution in [1.29, 1.82) is 0 Å². The highest BCUT2D eigenvalue weighted by atomic mass is 32.1. The minimum Gasteiger partial charge on any atom is -0.310 e. The molecule has 0 aliphatic carbocycles. The third-order valence-corrected chi connectivity index (χ3v) is 3.88. The normalized spacial score (nSPS) is 13.9. The third-order valence-electron chi connectivity index (χ3n) is 2.54. The van der Waals surface area contributed by atoms with Gasteiger partial charge in [0.2, 0.25) is 0 Å². The summed E-state index contributed by atoms with van der Waals surface area (Å²) in [6.07, 6.45) is -3.76. The second-order valence-corrected chi connectivity index (χ2v) is 5.12. The molecular formula is C12H18F3NS. The van der Waals surface area contributed by atoms with E-state index in [2.05, 4.69) is 5.32 Å². The van der Waals surface area contributed by atoms with Crippen LogP contribution in [0.15, 0.2) is 12.1 Å². The second-order valence-electron chi connectivity index (χ2n) is 3.92. The maximum absolute atomic E-state index is 12.2. The smallest absolute Gasteiger partial charge is 0.310 e. The number of nitrogens with one attached hydrogen (secondary N) is 1. The van der Waals surface area contributed by atoms with Gasteiger partial charge in [-0.15, -0.1) is 11.3 Å². The summed E-state index contributed by atoms with van der Waals surface area (Å²) < 4.78 is 36.7. The van der Waals surface area contributed by atoms with Crippen LogP contribution in [0.3, 0.4) is 0 Å². The molecule has 17 heavy (non-hydrogen) atoms. The summed E-state index contributed by atoms with van der Waals surface area (Å²) in [5, 5.41) is 3.12. The number of alkyl halides is 3. The summed E-state index contributed by atoms with van der Waals surface area (Å²) in [5.74, 6) is 0. The molecule has 0 aliphatic rings. The molecule has 1 heterocycles. The molecule has 0 saturated carbocycles. The van der Waals surface area contributed by atoms with Gasteiger partial charge in [-0.3, -0.25) is 0 Å². The Bertz CT molecular complexity index is 333. The van der Waals surface area contributed by atoms with Gasteiger partial charge in [-0.2, -0.15) is 13.2 Å². The van der Waals surface area contributed by atoms with Crippen molar-refractivity contribution in [2.75, 3.05) is 6.54 Å². The summed E-state index contributed by atoms with van der Waals surface area (Å²) in [5.41, 5.74) is 0. The fraction of sp³-hybridized carbons (Fsp3) is 0.667. The Morgan fingerprint density at radius 1 is 1.29 bits per heavy atom. The summed E-state index contributed by atoms with van der Waals surface area (Å²) in [6.45, 7) is 4.64. The molecule has 1 rings (SSSR count). The highest BCUT2D eigenvalue weighted by Gasteiger charge is 2.28. The lowest BCUT2D eigenvalue weighted by Crippen LogP contribution is -2.22. The van der Waals surface area contributed by atoms with Crippen molar-refractivity contribution in [3.05, 3.63) is 21.9 Å². The first-order chi connectivity index (χ1) is 7.96. The monoisotopic (exact) mass is 265 g/mol. The molecule has 0 aliphatic heterocycles. The zero-order chi connectivity index (χ0) is 12.9. The van der Waals surface area contributed by atoms with E-state index in [1.165, 1.54) is 4.88 Å². The first-order valence-corrected chi connectivity index (χ1v) is 6.66. The summed E-state index contributed by atoms with van der Waals surface area (Å²) in [4.78, 5) is 2.22. The van der Waals surface area contributed by atoms with E-state index in [4.69, 9.17) is 0 Å². The van der Waals surface area contributed by atoms with Crippen LogP contribution >= 0.6 is 11.3 Å². The predicted octanol–water partition coefficient (Wildman–Crippen LogP) is 4.30. The Morgan fingerprint density at radius 2 is 2.00 bits per heavy atom. The van der Waals surface area contributed by atoms with Crippen LogP contribution in [0.25, 0.3) is 0 Å². The lowest BCUT2D eigenvalue weighted by molar-refractivity contribution is -0.136. The molecule has 0 spiro atoms. The van der Waals surface area contributed by atoms with Gasteiger partial charge in [-0.25, -0.2) is 0 Å². The van der Waals surface area contributed by atoms with Crippen molar-refractivity contribution in [2.45, 2.75) is 45.3 Å². The molecular weight excluding hydrogens is 247 g/mol. The molecule has 1 aromatic rings. The number of aryl methyl sites for hydroxylation is 1. The Hall–Kier alpha value is -0.550. The lowest BCUT2D eigenvalue weighted by Gasteiger charge is -2.17. The maximum atomic E-state index is 12.2. The highest BCUT2D eigenvalue weighted by molar-refractivity contribution is 7.12. The standard InChI is InChI=1S/C12H18F3NS/c1-3-9-5-6-11(17-9)10(16-4-2)7-8-12(13,14)15/h5-6,10,16H,3-4,7-8H2,1-2H3. The van der Waals surface area contributed by atoms with Crippen molar-refractivity contribution in [2.24, 2.45) is 0 Å². The van der Waals surface area contributed by atoms with Crippen molar-refractivity contribution in [3.8, 4) is 0 Å². The van der Waals surface area contributed by atoms with Crippen molar-refractivity contribution in [1.82, 2.24) is 5.32 Å². The number of rotatable bonds is 6.